The molecule has 0 saturated heterocycles. The second-order valence-electron chi connectivity index (χ2n) is 5.23. The van der Waals surface area contributed by atoms with Crippen LogP contribution >= 0.6 is 17.0 Å². The van der Waals surface area contributed by atoms with Gasteiger partial charge in [0.25, 0.3) is 0 Å². The molecule has 0 aromatic heterocycles. The number of halogens is 1. The van der Waals surface area contributed by atoms with Crippen LogP contribution in [-0.2, 0) is 6.42 Å². The monoisotopic (exact) mass is 351 g/mol. The van der Waals surface area contributed by atoms with Crippen LogP contribution in [0.5, 0.6) is 17.2 Å². The van der Waals surface area contributed by atoms with Gasteiger partial charge in [0.1, 0.15) is 5.75 Å². The molecule has 1 aliphatic rings. The zero-order valence-corrected chi connectivity index (χ0v) is 13.4. The van der Waals surface area contributed by atoms with E-state index in [-0.39, 0.29) is 40.3 Å². The van der Waals surface area contributed by atoms with Gasteiger partial charge < -0.3 is 15.3 Å². The van der Waals surface area contributed by atoms with Crippen LogP contribution in [0, 0.1) is 0 Å². The summed E-state index contributed by atoms with van der Waals surface area (Å²) < 4.78 is 0. The second kappa shape index (κ2) is 5.95. The number of phenolic OH excluding ortho intramolecular Hbond substituents is 3. The number of phenols is 3. The molecule has 1 atom stereocenters. The first kappa shape index (κ1) is 15.7. The highest BCUT2D eigenvalue weighted by Crippen LogP contribution is 2.41. The van der Waals surface area contributed by atoms with Gasteiger partial charge in [0.15, 0.2) is 11.5 Å². The largest absolute Gasteiger partial charge is 0.508 e. The summed E-state index contributed by atoms with van der Waals surface area (Å²) in [5.41, 5.74) is 2.86. The number of hydrogen-bond donors (Lipinski definition) is 3. The molecule has 0 amide bonds. The Bertz CT molecular complexity index is 660. The minimum absolute atomic E-state index is 0. The van der Waals surface area contributed by atoms with Crippen LogP contribution < -0.4 is 0 Å². The van der Waals surface area contributed by atoms with Gasteiger partial charge in [-0.1, -0.05) is 18.2 Å². The highest BCUT2D eigenvalue weighted by molar-refractivity contribution is 8.93. The van der Waals surface area contributed by atoms with Gasteiger partial charge in [-0.25, -0.2) is 0 Å². The third-order valence-corrected chi connectivity index (χ3v) is 3.94. The van der Waals surface area contributed by atoms with Crippen molar-refractivity contribution in [1.29, 1.82) is 0 Å². The molecule has 1 unspecified atom stereocenters. The Balaban J connectivity index is 0.00000161. The summed E-state index contributed by atoms with van der Waals surface area (Å²) >= 11 is 0. The first-order valence-corrected chi connectivity index (χ1v) is 6.61. The van der Waals surface area contributed by atoms with Crippen LogP contribution in [0.25, 0.3) is 0 Å². The molecule has 0 aliphatic carbocycles. The van der Waals surface area contributed by atoms with Gasteiger partial charge in [-0.2, -0.15) is 0 Å². The Hall–Kier alpha value is -1.72. The van der Waals surface area contributed by atoms with E-state index in [1.165, 1.54) is 6.07 Å². The molecule has 3 rings (SSSR count). The molecular weight excluding hydrogens is 334 g/mol. The van der Waals surface area contributed by atoms with E-state index in [4.69, 9.17) is 0 Å². The fourth-order valence-corrected chi connectivity index (χ4v) is 2.91. The molecule has 112 valence electrons. The lowest BCUT2D eigenvalue weighted by molar-refractivity contribution is 0.257. The fourth-order valence-electron chi connectivity index (χ4n) is 2.91. The lowest BCUT2D eigenvalue weighted by Gasteiger charge is -2.35. The molecule has 0 saturated carbocycles. The molecule has 2 aromatic carbocycles. The molecule has 1 heterocycles. The van der Waals surface area contributed by atoms with Crippen LogP contribution in [0.1, 0.15) is 22.7 Å². The summed E-state index contributed by atoms with van der Waals surface area (Å²) in [7, 11) is 1.99. The minimum Gasteiger partial charge on any atom is -0.508 e. The number of benzene rings is 2. The Morgan fingerprint density at radius 3 is 2.48 bits per heavy atom. The molecule has 3 N–H and O–H groups in total. The molecule has 0 fully saturated rings. The van der Waals surface area contributed by atoms with Crippen molar-refractivity contribution in [3.8, 4) is 17.2 Å². The van der Waals surface area contributed by atoms with E-state index in [9.17, 15) is 15.3 Å². The lowest BCUT2D eigenvalue weighted by Crippen LogP contribution is -2.32. The van der Waals surface area contributed by atoms with Crippen LogP contribution in [0.2, 0.25) is 0 Å². The zero-order valence-electron chi connectivity index (χ0n) is 11.7. The fraction of sp³-hybridized carbons (Fsp3) is 0.250. The summed E-state index contributed by atoms with van der Waals surface area (Å²) in [6.45, 7) is 0.878. The standard InChI is InChI=1S/C16H17NO3.BrH/c1-17-8-7-10-3-2-4-13(19)15(10)16(17)11-5-6-12(18)14(20)9-11;/h2-6,9,16,18-20H,7-8H2,1H3;1H. The summed E-state index contributed by atoms with van der Waals surface area (Å²) in [5.74, 6) is -0.00483. The van der Waals surface area contributed by atoms with Gasteiger partial charge in [-0.15, -0.1) is 17.0 Å². The van der Waals surface area contributed by atoms with Crippen LogP contribution in [0.15, 0.2) is 36.4 Å². The topological polar surface area (TPSA) is 63.9 Å². The van der Waals surface area contributed by atoms with Crippen LogP contribution in [0.3, 0.4) is 0 Å². The van der Waals surface area contributed by atoms with Gasteiger partial charge in [-0.05, 0) is 42.8 Å². The Kier molecular flexibility index (Phi) is 4.44. The van der Waals surface area contributed by atoms with Gasteiger partial charge in [0, 0.05) is 12.1 Å². The van der Waals surface area contributed by atoms with Crippen molar-refractivity contribution in [2.45, 2.75) is 12.5 Å². The van der Waals surface area contributed by atoms with Crippen molar-refractivity contribution in [3.05, 3.63) is 53.1 Å². The Morgan fingerprint density at radius 2 is 1.76 bits per heavy atom. The predicted octanol–water partition coefficient (Wildman–Crippen LogP) is 2.96. The minimum atomic E-state index is -0.140. The maximum atomic E-state index is 10.2. The number of hydrogen-bond acceptors (Lipinski definition) is 4. The van der Waals surface area contributed by atoms with E-state index >= 15 is 0 Å². The van der Waals surface area contributed by atoms with Gasteiger partial charge in [0.05, 0.1) is 6.04 Å². The molecule has 21 heavy (non-hydrogen) atoms. The number of aromatic hydroxyl groups is 3. The summed E-state index contributed by atoms with van der Waals surface area (Å²) in [5, 5.41) is 29.3. The van der Waals surface area contributed by atoms with E-state index in [0.717, 1.165) is 29.7 Å². The number of rotatable bonds is 1. The zero-order chi connectivity index (χ0) is 14.3. The Morgan fingerprint density at radius 1 is 1.00 bits per heavy atom. The molecule has 0 bridgehead atoms. The molecule has 2 aromatic rings. The maximum Gasteiger partial charge on any atom is 0.157 e. The first-order chi connectivity index (χ1) is 9.58. The quantitative estimate of drug-likeness (QED) is 0.691. The molecule has 4 nitrogen and oxygen atoms in total. The van der Waals surface area contributed by atoms with Gasteiger partial charge in [-0.3, -0.25) is 4.90 Å². The molecular formula is C16H18BrNO3. The smallest absolute Gasteiger partial charge is 0.157 e. The number of nitrogens with zero attached hydrogens (tertiary/aromatic N) is 1. The van der Waals surface area contributed by atoms with Gasteiger partial charge >= 0.3 is 0 Å². The van der Waals surface area contributed by atoms with Crippen molar-refractivity contribution in [2.75, 3.05) is 13.6 Å². The van der Waals surface area contributed by atoms with E-state index in [1.807, 2.05) is 19.2 Å². The predicted molar refractivity (Wildman–Crippen MR) is 86.4 cm³/mol. The SMILES string of the molecule is Br.CN1CCc2cccc(O)c2C1c1ccc(O)c(O)c1. The Labute approximate surface area is 134 Å². The van der Waals surface area contributed by atoms with Gasteiger partial charge in [0.2, 0.25) is 0 Å². The normalized spacial score (nSPS) is 17.9. The average molecular weight is 352 g/mol. The molecule has 0 spiro atoms. The molecule has 0 radical (unpaired) electrons. The van der Waals surface area contributed by atoms with E-state index in [2.05, 4.69) is 4.90 Å². The van der Waals surface area contributed by atoms with Crippen LogP contribution in [0.4, 0.5) is 0 Å². The van der Waals surface area contributed by atoms with Crippen molar-refractivity contribution in [3.63, 3.8) is 0 Å². The number of likely N-dealkylation sites (N-methyl/N-ethyl adjacent to an activating group) is 1. The lowest BCUT2D eigenvalue weighted by atomic mass is 9.87. The summed E-state index contributed by atoms with van der Waals surface area (Å²) in [6, 6.07) is 10.3. The molecule has 1 aliphatic heterocycles. The van der Waals surface area contributed by atoms with E-state index < -0.39 is 0 Å². The highest BCUT2D eigenvalue weighted by atomic mass is 79.9. The first-order valence-electron chi connectivity index (χ1n) is 6.61. The second-order valence-corrected chi connectivity index (χ2v) is 5.23. The number of fused-ring (bicyclic) bond motifs is 1. The van der Waals surface area contributed by atoms with E-state index in [1.54, 1.807) is 18.2 Å². The van der Waals surface area contributed by atoms with Crippen molar-refractivity contribution < 1.29 is 15.3 Å². The van der Waals surface area contributed by atoms with E-state index in [0.29, 0.717) is 0 Å². The van der Waals surface area contributed by atoms with Crippen LogP contribution in [-0.4, -0.2) is 33.8 Å². The third kappa shape index (κ3) is 2.71. The van der Waals surface area contributed by atoms with Crippen molar-refractivity contribution in [2.24, 2.45) is 0 Å². The summed E-state index contributed by atoms with van der Waals surface area (Å²) in [4.78, 5) is 2.13. The third-order valence-electron chi connectivity index (χ3n) is 3.94. The maximum absolute atomic E-state index is 10.2. The van der Waals surface area contributed by atoms with Crippen molar-refractivity contribution >= 4 is 17.0 Å². The highest BCUT2D eigenvalue weighted by Gasteiger charge is 2.29. The molecule has 5 heteroatoms. The van der Waals surface area contributed by atoms with Crippen molar-refractivity contribution in [1.82, 2.24) is 4.90 Å². The summed E-state index contributed by atoms with van der Waals surface area (Å²) in [6.07, 6.45) is 0.890. The average Bonchev–Trinajstić information content (AvgIpc) is 2.43.